The number of hydrogen-bond donors (Lipinski definition) is 1. The summed E-state index contributed by atoms with van der Waals surface area (Å²) in [6, 6.07) is 13.6. The number of amides is 2. The molecule has 0 bridgehead atoms. The number of anilines is 1. The molecule has 2 rings (SSSR count). The van der Waals surface area contributed by atoms with Crippen molar-refractivity contribution >= 4 is 17.5 Å². The Labute approximate surface area is 161 Å². The number of nitrogens with one attached hydrogen (secondary N) is 1. The Hall–Kier alpha value is -2.82. The van der Waals surface area contributed by atoms with Gasteiger partial charge in [-0.1, -0.05) is 42.8 Å². The van der Waals surface area contributed by atoms with E-state index in [1.165, 1.54) is 0 Å². The summed E-state index contributed by atoms with van der Waals surface area (Å²) in [4.78, 5) is 25.9. The number of ether oxygens (including phenoxy) is 1. The number of hydrogen-bond acceptors (Lipinski definition) is 3. The molecular weight excluding hydrogens is 340 g/mol. The maximum atomic E-state index is 12.2. The third-order valence-electron chi connectivity index (χ3n) is 4.40. The first kappa shape index (κ1) is 20.5. The van der Waals surface area contributed by atoms with Crippen LogP contribution >= 0.6 is 0 Å². The van der Waals surface area contributed by atoms with Crippen molar-refractivity contribution in [1.82, 2.24) is 5.32 Å². The fraction of sp³-hybridized carbons (Fsp3) is 0.364. The predicted molar refractivity (Wildman–Crippen MR) is 108 cm³/mol. The molecule has 0 aliphatic rings. The molecule has 0 saturated carbocycles. The van der Waals surface area contributed by atoms with Gasteiger partial charge in [0.15, 0.2) is 6.61 Å². The second kappa shape index (κ2) is 9.76. The van der Waals surface area contributed by atoms with Crippen LogP contribution in [0.3, 0.4) is 0 Å². The van der Waals surface area contributed by atoms with Gasteiger partial charge in [0.25, 0.3) is 5.91 Å². The van der Waals surface area contributed by atoms with Gasteiger partial charge in [0.2, 0.25) is 5.91 Å². The first-order valence-electron chi connectivity index (χ1n) is 9.25. The van der Waals surface area contributed by atoms with Gasteiger partial charge in [-0.15, -0.1) is 0 Å². The quantitative estimate of drug-likeness (QED) is 0.777. The molecule has 27 heavy (non-hydrogen) atoms. The highest BCUT2D eigenvalue weighted by molar-refractivity contribution is 5.93. The molecule has 0 spiro atoms. The van der Waals surface area contributed by atoms with E-state index in [2.05, 4.69) is 12.2 Å². The molecule has 0 aliphatic heterocycles. The molecule has 144 valence electrons. The van der Waals surface area contributed by atoms with E-state index in [1.807, 2.05) is 56.3 Å². The van der Waals surface area contributed by atoms with Crippen molar-refractivity contribution in [3.05, 3.63) is 59.2 Å². The van der Waals surface area contributed by atoms with E-state index in [4.69, 9.17) is 4.74 Å². The second-order valence-corrected chi connectivity index (χ2v) is 6.56. The first-order valence-corrected chi connectivity index (χ1v) is 9.25. The summed E-state index contributed by atoms with van der Waals surface area (Å²) in [7, 11) is 0. The average molecular weight is 368 g/mol. The standard InChI is InChI=1S/C22H28N2O3/c1-5-19-8-6-7-17(3)22(19)24(18(4)25)14-13-23-21(26)15-27-20-11-9-16(2)10-12-20/h6-12H,5,13-15H2,1-4H3,(H,23,26). The van der Waals surface area contributed by atoms with Crippen LogP contribution in [-0.2, 0) is 16.0 Å². The molecule has 0 radical (unpaired) electrons. The normalized spacial score (nSPS) is 10.4. The topological polar surface area (TPSA) is 58.6 Å². The van der Waals surface area contributed by atoms with Crippen molar-refractivity contribution in [3.63, 3.8) is 0 Å². The third kappa shape index (κ3) is 5.84. The smallest absolute Gasteiger partial charge is 0.258 e. The fourth-order valence-corrected chi connectivity index (χ4v) is 2.96. The predicted octanol–water partition coefficient (Wildman–Crippen LogP) is 3.41. The Bertz CT molecular complexity index is 785. The average Bonchev–Trinajstić information content (AvgIpc) is 2.65. The van der Waals surface area contributed by atoms with Crippen LogP contribution in [0.2, 0.25) is 0 Å². The van der Waals surface area contributed by atoms with Crippen LogP contribution in [0.5, 0.6) is 5.75 Å². The van der Waals surface area contributed by atoms with E-state index in [0.29, 0.717) is 18.8 Å². The minimum absolute atomic E-state index is 0.0378. The lowest BCUT2D eigenvalue weighted by atomic mass is 10.0. The third-order valence-corrected chi connectivity index (χ3v) is 4.40. The lowest BCUT2D eigenvalue weighted by molar-refractivity contribution is -0.123. The SMILES string of the molecule is CCc1cccc(C)c1N(CCNC(=O)COc1ccc(C)cc1)C(C)=O. The Kier molecular flexibility index (Phi) is 7.41. The maximum Gasteiger partial charge on any atom is 0.258 e. The molecule has 1 N–H and O–H groups in total. The van der Waals surface area contributed by atoms with Crippen molar-refractivity contribution in [2.45, 2.75) is 34.1 Å². The van der Waals surface area contributed by atoms with E-state index in [9.17, 15) is 9.59 Å². The van der Waals surface area contributed by atoms with Crippen molar-refractivity contribution in [1.29, 1.82) is 0 Å². The molecule has 0 unspecified atom stereocenters. The van der Waals surface area contributed by atoms with Crippen LogP contribution in [0.15, 0.2) is 42.5 Å². The summed E-state index contributed by atoms with van der Waals surface area (Å²) < 4.78 is 5.48. The highest BCUT2D eigenvalue weighted by Crippen LogP contribution is 2.25. The molecule has 2 aromatic carbocycles. The molecule has 0 saturated heterocycles. The van der Waals surface area contributed by atoms with Gasteiger partial charge in [-0.05, 0) is 43.5 Å². The molecule has 0 atom stereocenters. The highest BCUT2D eigenvalue weighted by atomic mass is 16.5. The number of nitrogens with zero attached hydrogens (tertiary/aromatic N) is 1. The van der Waals surface area contributed by atoms with Crippen LogP contribution in [0.1, 0.15) is 30.5 Å². The van der Waals surface area contributed by atoms with E-state index in [1.54, 1.807) is 11.8 Å². The van der Waals surface area contributed by atoms with Gasteiger partial charge in [0.1, 0.15) is 5.75 Å². The van der Waals surface area contributed by atoms with Gasteiger partial charge in [0, 0.05) is 25.7 Å². The largest absolute Gasteiger partial charge is 0.484 e. The number of rotatable bonds is 8. The minimum Gasteiger partial charge on any atom is -0.484 e. The lowest BCUT2D eigenvalue weighted by Gasteiger charge is -2.26. The van der Waals surface area contributed by atoms with E-state index in [0.717, 1.165) is 28.8 Å². The van der Waals surface area contributed by atoms with Crippen LogP contribution in [0, 0.1) is 13.8 Å². The van der Waals surface area contributed by atoms with Gasteiger partial charge >= 0.3 is 0 Å². The molecule has 5 nitrogen and oxygen atoms in total. The van der Waals surface area contributed by atoms with Crippen LogP contribution < -0.4 is 15.0 Å². The maximum absolute atomic E-state index is 12.2. The zero-order valence-corrected chi connectivity index (χ0v) is 16.5. The Morgan fingerprint density at radius 1 is 1.07 bits per heavy atom. The minimum atomic E-state index is -0.209. The fourth-order valence-electron chi connectivity index (χ4n) is 2.96. The molecule has 2 aromatic rings. The van der Waals surface area contributed by atoms with Gasteiger partial charge in [-0.3, -0.25) is 9.59 Å². The van der Waals surface area contributed by atoms with Gasteiger partial charge in [-0.25, -0.2) is 0 Å². The molecule has 0 heterocycles. The van der Waals surface area contributed by atoms with E-state index < -0.39 is 0 Å². The van der Waals surface area contributed by atoms with Crippen molar-refractivity contribution in [2.24, 2.45) is 0 Å². The van der Waals surface area contributed by atoms with Gasteiger partial charge in [-0.2, -0.15) is 0 Å². The number of para-hydroxylation sites is 1. The number of benzene rings is 2. The molecule has 2 amide bonds. The van der Waals surface area contributed by atoms with Crippen LogP contribution in [0.25, 0.3) is 0 Å². The lowest BCUT2D eigenvalue weighted by Crippen LogP contribution is -2.39. The van der Waals surface area contributed by atoms with Crippen molar-refractivity contribution in [2.75, 3.05) is 24.6 Å². The monoisotopic (exact) mass is 368 g/mol. The number of carbonyl (C=O) groups is 2. The molecule has 0 aliphatic carbocycles. The summed E-state index contributed by atoms with van der Waals surface area (Å²) in [5.74, 6) is 0.414. The summed E-state index contributed by atoms with van der Waals surface area (Å²) in [6.45, 7) is 8.35. The highest BCUT2D eigenvalue weighted by Gasteiger charge is 2.17. The summed E-state index contributed by atoms with van der Waals surface area (Å²) in [6.07, 6.45) is 0.845. The van der Waals surface area contributed by atoms with E-state index in [-0.39, 0.29) is 18.4 Å². The molecule has 0 aromatic heterocycles. The molecular formula is C22H28N2O3. The summed E-state index contributed by atoms with van der Waals surface area (Å²) >= 11 is 0. The second-order valence-electron chi connectivity index (χ2n) is 6.56. The Morgan fingerprint density at radius 3 is 2.41 bits per heavy atom. The van der Waals surface area contributed by atoms with Crippen LogP contribution in [-0.4, -0.2) is 31.5 Å². The van der Waals surface area contributed by atoms with Crippen LogP contribution in [0.4, 0.5) is 5.69 Å². The van der Waals surface area contributed by atoms with Gasteiger partial charge < -0.3 is 15.0 Å². The summed E-state index contributed by atoms with van der Waals surface area (Å²) in [5, 5.41) is 2.82. The van der Waals surface area contributed by atoms with E-state index >= 15 is 0 Å². The first-order chi connectivity index (χ1) is 12.9. The molecule has 0 fully saturated rings. The Balaban J connectivity index is 1.90. The number of carbonyl (C=O) groups excluding carboxylic acids is 2. The van der Waals surface area contributed by atoms with Crippen molar-refractivity contribution < 1.29 is 14.3 Å². The van der Waals surface area contributed by atoms with Crippen molar-refractivity contribution in [3.8, 4) is 5.75 Å². The Morgan fingerprint density at radius 2 is 1.78 bits per heavy atom. The summed E-state index contributed by atoms with van der Waals surface area (Å²) in [5.41, 5.74) is 4.26. The number of aryl methyl sites for hydroxylation is 3. The zero-order chi connectivity index (χ0) is 19.8. The zero-order valence-electron chi connectivity index (χ0n) is 16.5. The van der Waals surface area contributed by atoms with Gasteiger partial charge in [0.05, 0.1) is 0 Å². The molecule has 5 heteroatoms.